The molecule has 118 valence electrons. The van der Waals surface area contributed by atoms with Crippen molar-refractivity contribution in [1.29, 1.82) is 0 Å². The predicted molar refractivity (Wildman–Crippen MR) is 95.7 cm³/mol. The third-order valence-corrected chi connectivity index (χ3v) is 5.22. The monoisotopic (exact) mass is 362 g/mol. The molecule has 0 aromatic heterocycles. The summed E-state index contributed by atoms with van der Waals surface area (Å²) in [6.45, 7) is 9.78. The van der Waals surface area contributed by atoms with Crippen LogP contribution in [0.3, 0.4) is 0 Å². The van der Waals surface area contributed by atoms with Crippen LogP contribution in [0.2, 0.25) is 0 Å². The molecule has 3 nitrogen and oxygen atoms in total. The number of piperazine rings is 1. The van der Waals surface area contributed by atoms with Crippen molar-refractivity contribution in [3.05, 3.63) is 40.9 Å². The average molecular weight is 363 g/mol. The van der Waals surface area contributed by atoms with Gasteiger partial charge in [-0.2, -0.15) is 0 Å². The van der Waals surface area contributed by atoms with Gasteiger partial charge in [-0.3, -0.25) is 4.90 Å². The Kier molecular flexibility index (Phi) is 5.34. The minimum absolute atomic E-state index is 0.739. The second kappa shape index (κ2) is 7.44. The van der Waals surface area contributed by atoms with Crippen LogP contribution in [0.4, 0.5) is 0 Å². The van der Waals surface area contributed by atoms with Gasteiger partial charge in [0.15, 0.2) is 0 Å². The number of hydrogen-bond acceptors (Lipinski definition) is 3. The summed E-state index contributed by atoms with van der Waals surface area (Å²) in [5.74, 6) is 0.936. The maximum absolute atomic E-state index is 6.00. The number of fused-ring (bicyclic) bond motifs is 1. The molecule has 0 aliphatic carbocycles. The van der Waals surface area contributed by atoms with Crippen molar-refractivity contribution in [1.82, 2.24) is 9.80 Å². The van der Waals surface area contributed by atoms with E-state index in [0.717, 1.165) is 43.0 Å². The van der Waals surface area contributed by atoms with E-state index in [-0.39, 0.29) is 0 Å². The zero-order valence-corrected chi connectivity index (χ0v) is 14.7. The molecule has 0 saturated carbocycles. The molecule has 1 fully saturated rings. The summed E-state index contributed by atoms with van der Waals surface area (Å²) in [7, 11) is 0. The summed E-state index contributed by atoms with van der Waals surface area (Å²) in [5, 5.41) is 2.44. The van der Waals surface area contributed by atoms with Crippen molar-refractivity contribution in [2.45, 2.75) is 6.92 Å². The van der Waals surface area contributed by atoms with E-state index in [1.54, 1.807) is 0 Å². The number of rotatable bonds is 5. The van der Waals surface area contributed by atoms with Gasteiger partial charge in [0.2, 0.25) is 0 Å². The smallest absolute Gasteiger partial charge is 0.134 e. The molecule has 0 amide bonds. The molecule has 0 N–H and O–H groups in total. The Morgan fingerprint density at radius 2 is 1.73 bits per heavy atom. The van der Waals surface area contributed by atoms with Crippen LogP contribution < -0.4 is 4.74 Å². The van der Waals surface area contributed by atoms with Gasteiger partial charge in [0.25, 0.3) is 0 Å². The maximum atomic E-state index is 6.00. The van der Waals surface area contributed by atoms with E-state index < -0.39 is 0 Å². The van der Waals surface area contributed by atoms with Crippen LogP contribution >= 0.6 is 15.9 Å². The van der Waals surface area contributed by atoms with E-state index in [1.807, 2.05) is 0 Å². The first-order valence-electron chi connectivity index (χ1n) is 8.02. The van der Waals surface area contributed by atoms with Gasteiger partial charge in [0, 0.05) is 32.7 Å². The topological polar surface area (TPSA) is 15.7 Å². The SMILES string of the molecule is CCN1CCN(CCOc2ccc3ccccc3c2Br)CC1. The molecule has 2 aromatic rings. The van der Waals surface area contributed by atoms with Crippen LogP contribution in [-0.4, -0.2) is 55.7 Å². The highest BCUT2D eigenvalue weighted by Gasteiger charge is 2.15. The van der Waals surface area contributed by atoms with Gasteiger partial charge in [0.1, 0.15) is 12.4 Å². The summed E-state index contributed by atoms with van der Waals surface area (Å²) in [6, 6.07) is 12.5. The number of hydrogen-bond donors (Lipinski definition) is 0. The van der Waals surface area contributed by atoms with Crippen LogP contribution in [-0.2, 0) is 0 Å². The molecule has 0 spiro atoms. The molecule has 1 saturated heterocycles. The molecule has 0 radical (unpaired) electrons. The van der Waals surface area contributed by atoms with Crippen LogP contribution in [0, 0.1) is 0 Å². The van der Waals surface area contributed by atoms with Gasteiger partial charge < -0.3 is 9.64 Å². The van der Waals surface area contributed by atoms with E-state index >= 15 is 0 Å². The first kappa shape index (κ1) is 15.8. The maximum Gasteiger partial charge on any atom is 0.134 e. The molecule has 2 aromatic carbocycles. The molecule has 1 aliphatic heterocycles. The van der Waals surface area contributed by atoms with Crippen LogP contribution in [0.5, 0.6) is 5.75 Å². The van der Waals surface area contributed by atoms with Crippen molar-refractivity contribution in [2.24, 2.45) is 0 Å². The fourth-order valence-electron chi connectivity index (χ4n) is 2.94. The van der Waals surface area contributed by atoms with Gasteiger partial charge in [-0.05, 0) is 39.3 Å². The Bertz CT molecular complexity index is 624. The van der Waals surface area contributed by atoms with Crippen molar-refractivity contribution in [2.75, 3.05) is 45.9 Å². The molecular weight excluding hydrogens is 340 g/mol. The number of nitrogens with zero attached hydrogens (tertiary/aromatic N) is 2. The molecule has 3 rings (SSSR count). The van der Waals surface area contributed by atoms with Crippen LogP contribution in [0.25, 0.3) is 10.8 Å². The average Bonchev–Trinajstić information content (AvgIpc) is 2.58. The van der Waals surface area contributed by atoms with Gasteiger partial charge in [-0.15, -0.1) is 0 Å². The molecule has 1 aliphatic rings. The Balaban J connectivity index is 1.55. The summed E-state index contributed by atoms with van der Waals surface area (Å²) in [4.78, 5) is 4.98. The summed E-state index contributed by atoms with van der Waals surface area (Å²) in [6.07, 6.45) is 0. The van der Waals surface area contributed by atoms with Crippen molar-refractivity contribution >= 4 is 26.7 Å². The van der Waals surface area contributed by atoms with Gasteiger partial charge in [0.05, 0.1) is 4.47 Å². The minimum atomic E-state index is 0.739. The van der Waals surface area contributed by atoms with Crippen molar-refractivity contribution < 1.29 is 4.74 Å². The number of benzene rings is 2. The highest BCUT2D eigenvalue weighted by atomic mass is 79.9. The van der Waals surface area contributed by atoms with Crippen LogP contribution in [0.1, 0.15) is 6.92 Å². The Labute approximate surface area is 141 Å². The summed E-state index contributed by atoms with van der Waals surface area (Å²) >= 11 is 3.68. The van der Waals surface area contributed by atoms with E-state index in [4.69, 9.17) is 4.74 Å². The highest BCUT2D eigenvalue weighted by Crippen LogP contribution is 2.32. The Morgan fingerprint density at radius 1 is 1.00 bits per heavy atom. The molecular formula is C18H23BrN2O. The standard InChI is InChI=1S/C18H23BrN2O/c1-2-20-9-11-21(12-10-20)13-14-22-17-8-7-15-5-3-4-6-16(15)18(17)19/h3-8H,2,9-14H2,1H3. The molecule has 0 bridgehead atoms. The lowest BCUT2D eigenvalue weighted by molar-refractivity contribution is 0.120. The van der Waals surface area contributed by atoms with Crippen LogP contribution in [0.15, 0.2) is 40.9 Å². The number of ether oxygens (including phenoxy) is 1. The van der Waals surface area contributed by atoms with Crippen molar-refractivity contribution in [3.63, 3.8) is 0 Å². The second-order valence-corrected chi connectivity index (χ2v) is 6.52. The lowest BCUT2D eigenvalue weighted by atomic mass is 10.1. The summed E-state index contributed by atoms with van der Waals surface area (Å²) in [5.41, 5.74) is 0. The van der Waals surface area contributed by atoms with E-state index in [9.17, 15) is 0 Å². The zero-order chi connectivity index (χ0) is 15.4. The number of likely N-dealkylation sites (N-methyl/N-ethyl adjacent to an activating group) is 1. The zero-order valence-electron chi connectivity index (χ0n) is 13.1. The largest absolute Gasteiger partial charge is 0.491 e. The Morgan fingerprint density at radius 3 is 2.50 bits per heavy atom. The minimum Gasteiger partial charge on any atom is -0.491 e. The van der Waals surface area contributed by atoms with E-state index in [0.29, 0.717) is 0 Å². The molecule has 0 unspecified atom stereocenters. The number of halogens is 1. The van der Waals surface area contributed by atoms with Gasteiger partial charge in [-0.1, -0.05) is 37.3 Å². The third kappa shape index (κ3) is 3.62. The first-order chi connectivity index (χ1) is 10.8. The molecule has 22 heavy (non-hydrogen) atoms. The van der Waals surface area contributed by atoms with E-state index in [2.05, 4.69) is 69.1 Å². The molecule has 1 heterocycles. The van der Waals surface area contributed by atoms with Crippen molar-refractivity contribution in [3.8, 4) is 5.75 Å². The summed E-state index contributed by atoms with van der Waals surface area (Å²) < 4.78 is 7.06. The van der Waals surface area contributed by atoms with E-state index in [1.165, 1.54) is 23.9 Å². The lowest BCUT2D eigenvalue weighted by Gasteiger charge is -2.33. The normalized spacial score (nSPS) is 17.0. The lowest BCUT2D eigenvalue weighted by Crippen LogP contribution is -2.47. The van der Waals surface area contributed by atoms with Gasteiger partial charge in [-0.25, -0.2) is 0 Å². The second-order valence-electron chi connectivity index (χ2n) is 5.72. The van der Waals surface area contributed by atoms with Gasteiger partial charge >= 0.3 is 0 Å². The third-order valence-electron chi connectivity index (χ3n) is 4.41. The highest BCUT2D eigenvalue weighted by molar-refractivity contribution is 9.10. The Hall–Kier alpha value is -1.10. The first-order valence-corrected chi connectivity index (χ1v) is 8.82. The predicted octanol–water partition coefficient (Wildman–Crippen LogP) is 3.62. The molecule has 0 atom stereocenters. The fourth-order valence-corrected chi connectivity index (χ4v) is 3.55. The molecule has 4 heteroatoms. The quantitative estimate of drug-likeness (QED) is 0.807. The fraction of sp³-hybridized carbons (Fsp3) is 0.444.